The van der Waals surface area contributed by atoms with Gasteiger partial charge in [0.2, 0.25) is 0 Å². The van der Waals surface area contributed by atoms with Gasteiger partial charge >= 0.3 is 0 Å². The van der Waals surface area contributed by atoms with E-state index in [4.69, 9.17) is 0 Å². The topological polar surface area (TPSA) is 93.0 Å². The Labute approximate surface area is 208 Å². The second kappa shape index (κ2) is 13.3. The van der Waals surface area contributed by atoms with Crippen LogP contribution in [0.25, 0.3) is 0 Å². The molecular weight excluding hydrogens is 440 g/mol. The lowest BCUT2D eigenvalue weighted by atomic mass is 10.1. The molecule has 0 unspecified atom stereocenters. The highest BCUT2D eigenvalue weighted by molar-refractivity contribution is 6.15. The predicted octanol–water partition coefficient (Wildman–Crippen LogP) is 7.56. The first-order valence-electron chi connectivity index (χ1n) is 12.2. The highest BCUT2D eigenvalue weighted by Crippen LogP contribution is 2.45. The fourth-order valence-corrected chi connectivity index (χ4v) is 3.71. The van der Waals surface area contributed by atoms with Crippen molar-refractivity contribution in [2.24, 2.45) is 0 Å². The third kappa shape index (κ3) is 7.41. The second-order valence-electron chi connectivity index (χ2n) is 8.52. The van der Waals surface area contributed by atoms with Crippen molar-refractivity contribution in [3.63, 3.8) is 0 Å². The average Bonchev–Trinajstić information content (AvgIpc) is 2.93. The van der Waals surface area contributed by atoms with E-state index in [0.717, 1.165) is 31.3 Å². The SMILES string of the molecule is CC.CC(C)=CCC/C=C/CC/C(C)=C/CN1C(=O)c2cccc(O)c2Nc2c(O)cc(O)cc21. The molecule has 3 rings (SSSR count). The summed E-state index contributed by atoms with van der Waals surface area (Å²) in [5, 5.41) is 33.7. The van der Waals surface area contributed by atoms with E-state index in [9.17, 15) is 20.1 Å². The zero-order valence-corrected chi connectivity index (χ0v) is 21.4. The van der Waals surface area contributed by atoms with Crippen LogP contribution in [0.3, 0.4) is 0 Å². The predicted molar refractivity (Wildman–Crippen MR) is 145 cm³/mol. The van der Waals surface area contributed by atoms with Crippen molar-refractivity contribution in [2.75, 3.05) is 16.8 Å². The smallest absolute Gasteiger partial charge is 0.260 e. The normalized spacial score (nSPS) is 12.8. The lowest BCUT2D eigenvalue weighted by Crippen LogP contribution is -2.30. The molecule has 1 aliphatic heterocycles. The van der Waals surface area contributed by atoms with Gasteiger partial charge in [0.1, 0.15) is 22.9 Å². The Morgan fingerprint density at radius 1 is 0.914 bits per heavy atom. The Morgan fingerprint density at radius 2 is 1.63 bits per heavy atom. The maximum absolute atomic E-state index is 13.4. The summed E-state index contributed by atoms with van der Waals surface area (Å²) in [6, 6.07) is 7.33. The summed E-state index contributed by atoms with van der Waals surface area (Å²) in [6.45, 7) is 10.5. The molecule has 2 aromatic carbocycles. The number of carbonyl (C=O) groups excluding carboxylic acids is 1. The number of hydrogen-bond donors (Lipinski definition) is 4. The lowest BCUT2D eigenvalue weighted by molar-refractivity contribution is 0.0991. The molecule has 0 radical (unpaired) electrons. The fraction of sp³-hybridized carbons (Fsp3) is 0.345. The zero-order valence-electron chi connectivity index (χ0n) is 21.4. The molecule has 0 saturated carbocycles. The number of phenols is 3. The minimum Gasteiger partial charge on any atom is -0.508 e. The molecule has 6 heteroatoms. The summed E-state index contributed by atoms with van der Waals surface area (Å²) >= 11 is 0. The number of nitrogens with one attached hydrogen (secondary N) is 1. The van der Waals surface area contributed by atoms with Crippen LogP contribution in [-0.2, 0) is 0 Å². The van der Waals surface area contributed by atoms with E-state index < -0.39 is 0 Å². The summed E-state index contributed by atoms with van der Waals surface area (Å²) in [4.78, 5) is 14.9. The number of fused-ring (bicyclic) bond motifs is 2. The van der Waals surface area contributed by atoms with Crippen LogP contribution in [0, 0.1) is 0 Å². The van der Waals surface area contributed by atoms with Crippen LogP contribution in [0.2, 0.25) is 0 Å². The molecule has 1 heterocycles. The number of rotatable bonds is 8. The van der Waals surface area contributed by atoms with Gasteiger partial charge in [-0.2, -0.15) is 0 Å². The highest BCUT2D eigenvalue weighted by atomic mass is 16.3. The van der Waals surface area contributed by atoms with Gasteiger partial charge in [0.05, 0.1) is 16.9 Å². The number of anilines is 3. The maximum Gasteiger partial charge on any atom is 0.260 e. The molecule has 188 valence electrons. The van der Waals surface area contributed by atoms with Crippen LogP contribution in [0.4, 0.5) is 17.1 Å². The van der Waals surface area contributed by atoms with Gasteiger partial charge in [-0.3, -0.25) is 4.79 Å². The number of amides is 1. The minimum atomic E-state index is -0.333. The monoisotopic (exact) mass is 478 g/mol. The summed E-state index contributed by atoms with van der Waals surface area (Å²) in [6.07, 6.45) is 12.5. The number of para-hydroxylation sites is 1. The first kappa shape index (κ1) is 27.6. The van der Waals surface area contributed by atoms with E-state index in [0.29, 0.717) is 5.69 Å². The van der Waals surface area contributed by atoms with Crippen molar-refractivity contribution in [2.45, 2.75) is 60.3 Å². The highest BCUT2D eigenvalue weighted by Gasteiger charge is 2.29. The van der Waals surface area contributed by atoms with Gasteiger partial charge in [0, 0.05) is 18.7 Å². The molecule has 0 atom stereocenters. The molecule has 0 bridgehead atoms. The molecular formula is C29H38N2O4. The first-order chi connectivity index (χ1) is 16.8. The quantitative estimate of drug-likeness (QED) is 0.136. The molecule has 4 N–H and O–H groups in total. The van der Waals surface area contributed by atoms with E-state index in [2.05, 4.69) is 37.4 Å². The molecule has 35 heavy (non-hydrogen) atoms. The molecule has 0 aliphatic carbocycles. The Morgan fingerprint density at radius 3 is 2.34 bits per heavy atom. The maximum atomic E-state index is 13.4. The Hall–Kier alpha value is -3.67. The number of allylic oxidation sites excluding steroid dienone is 5. The van der Waals surface area contributed by atoms with Gasteiger partial charge in [0.15, 0.2) is 0 Å². The Kier molecular flexibility index (Phi) is 10.5. The molecule has 6 nitrogen and oxygen atoms in total. The average molecular weight is 479 g/mol. The minimum absolute atomic E-state index is 0.0933. The summed E-state index contributed by atoms with van der Waals surface area (Å²) in [7, 11) is 0. The van der Waals surface area contributed by atoms with Gasteiger partial charge in [-0.15, -0.1) is 0 Å². The van der Waals surface area contributed by atoms with E-state index in [1.165, 1.54) is 28.7 Å². The molecule has 0 saturated heterocycles. The number of carbonyl (C=O) groups is 1. The van der Waals surface area contributed by atoms with Crippen molar-refractivity contribution >= 4 is 23.0 Å². The number of aromatic hydroxyl groups is 3. The number of hydrogen-bond acceptors (Lipinski definition) is 5. The largest absolute Gasteiger partial charge is 0.508 e. The van der Waals surface area contributed by atoms with E-state index in [-0.39, 0.29) is 46.6 Å². The number of benzene rings is 2. The van der Waals surface area contributed by atoms with Crippen LogP contribution < -0.4 is 10.2 Å². The first-order valence-corrected chi connectivity index (χ1v) is 12.2. The van der Waals surface area contributed by atoms with Crippen LogP contribution in [0.5, 0.6) is 17.2 Å². The summed E-state index contributed by atoms with van der Waals surface area (Å²) < 4.78 is 0. The van der Waals surface area contributed by atoms with Gasteiger partial charge in [-0.05, 0) is 58.6 Å². The van der Waals surface area contributed by atoms with Crippen LogP contribution in [0.1, 0.15) is 70.7 Å². The summed E-state index contributed by atoms with van der Waals surface area (Å²) in [5.74, 6) is -0.789. The second-order valence-corrected chi connectivity index (χ2v) is 8.52. The Balaban J connectivity index is 0.00000210. The van der Waals surface area contributed by atoms with Gasteiger partial charge in [-0.1, -0.05) is 55.4 Å². The van der Waals surface area contributed by atoms with Crippen LogP contribution >= 0.6 is 0 Å². The van der Waals surface area contributed by atoms with Gasteiger partial charge < -0.3 is 25.5 Å². The Bertz CT molecular complexity index is 1110. The van der Waals surface area contributed by atoms with Gasteiger partial charge in [0.25, 0.3) is 5.91 Å². The third-order valence-electron chi connectivity index (χ3n) is 5.52. The third-order valence-corrected chi connectivity index (χ3v) is 5.52. The van der Waals surface area contributed by atoms with Gasteiger partial charge in [-0.25, -0.2) is 0 Å². The number of nitrogens with zero attached hydrogens (tertiary/aromatic N) is 1. The van der Waals surface area contributed by atoms with E-state index in [1.54, 1.807) is 12.1 Å². The van der Waals surface area contributed by atoms with Crippen molar-refractivity contribution in [1.82, 2.24) is 0 Å². The van der Waals surface area contributed by atoms with Crippen molar-refractivity contribution in [1.29, 1.82) is 0 Å². The number of unbranched alkanes of at least 4 members (excludes halogenated alkanes) is 1. The lowest BCUT2D eigenvalue weighted by Gasteiger charge is -2.22. The molecule has 2 aromatic rings. The van der Waals surface area contributed by atoms with E-state index >= 15 is 0 Å². The van der Waals surface area contributed by atoms with Crippen molar-refractivity contribution < 1.29 is 20.1 Å². The molecule has 0 aromatic heterocycles. The molecule has 1 aliphatic rings. The molecule has 0 fully saturated rings. The van der Waals surface area contributed by atoms with Crippen LogP contribution in [-0.4, -0.2) is 27.8 Å². The zero-order chi connectivity index (χ0) is 26.0. The van der Waals surface area contributed by atoms with Crippen LogP contribution in [0.15, 0.2) is 65.8 Å². The molecule has 1 amide bonds. The van der Waals surface area contributed by atoms with Crippen molar-refractivity contribution in [3.05, 3.63) is 71.3 Å². The fourth-order valence-electron chi connectivity index (χ4n) is 3.71. The number of phenolic OH excluding ortho intramolecular Hbond substituents is 3. The molecule has 0 spiro atoms. The van der Waals surface area contributed by atoms with Crippen molar-refractivity contribution in [3.8, 4) is 17.2 Å². The standard InChI is InChI=1S/C27H32N2O4.C2H6/c1-18(2)10-7-5-4-6-8-11-19(3)14-15-29-22-16-20(30)17-24(32)26(22)28-25-21(27(29)33)12-9-13-23(25)31;1-2/h4,6,9-10,12-14,16-17,28,30-32H,5,7-8,11,15H2,1-3H3;1-2H3/b6-4+,19-14+;. The summed E-state index contributed by atoms with van der Waals surface area (Å²) in [5.41, 5.74) is 3.59. The van der Waals surface area contributed by atoms with E-state index in [1.807, 2.05) is 26.8 Å².